The lowest BCUT2D eigenvalue weighted by Crippen LogP contribution is -2.29. The average molecular weight is 414 g/mol. The number of amidine groups is 1. The molecule has 0 amide bonds. The largest absolute Gasteiger partial charge is 0.413 e. The van der Waals surface area contributed by atoms with Gasteiger partial charge in [-0.2, -0.15) is 13.2 Å². The highest BCUT2D eigenvalue weighted by molar-refractivity contribution is 6.02. The smallest absolute Gasteiger partial charge is 0.340 e. The first-order chi connectivity index (χ1) is 14.3. The van der Waals surface area contributed by atoms with Crippen molar-refractivity contribution >= 4 is 11.4 Å². The van der Waals surface area contributed by atoms with Gasteiger partial charge in [0, 0.05) is 34.3 Å². The first-order valence-electron chi connectivity index (χ1n) is 9.30. The molecule has 1 aromatic rings. The molecule has 1 aliphatic heterocycles. The molecule has 0 unspecified atom stereocenters. The molecule has 1 aliphatic carbocycles. The minimum absolute atomic E-state index is 0.154. The number of allylic oxidation sites excluding steroid dienone is 5. The third kappa shape index (κ3) is 5.67. The molecule has 2 heterocycles. The van der Waals surface area contributed by atoms with Gasteiger partial charge in [-0.3, -0.25) is 9.98 Å². The number of pyridine rings is 1. The Labute approximate surface area is 174 Å². The number of hydrogen-bond acceptors (Lipinski definition) is 4. The number of halogens is 3. The summed E-state index contributed by atoms with van der Waals surface area (Å²) >= 11 is 0. The second-order valence-corrected chi connectivity index (χ2v) is 6.52. The molecule has 0 spiro atoms. The van der Waals surface area contributed by atoms with Crippen molar-refractivity contribution in [2.75, 3.05) is 13.6 Å². The van der Waals surface area contributed by atoms with E-state index >= 15 is 0 Å². The second-order valence-electron chi connectivity index (χ2n) is 6.52. The number of nitrogens with zero attached hydrogens (tertiary/aromatic N) is 2. The van der Waals surface area contributed by atoms with Crippen LogP contribution in [0.3, 0.4) is 0 Å². The minimum atomic E-state index is -4.36. The summed E-state index contributed by atoms with van der Waals surface area (Å²) in [5, 5.41) is 2.98. The molecule has 0 saturated carbocycles. The molecule has 0 atom stereocenters. The van der Waals surface area contributed by atoms with Crippen molar-refractivity contribution in [3.63, 3.8) is 0 Å². The van der Waals surface area contributed by atoms with Crippen molar-refractivity contribution in [3.8, 4) is 0 Å². The summed E-state index contributed by atoms with van der Waals surface area (Å²) in [5.41, 5.74) is 8.13. The van der Waals surface area contributed by atoms with E-state index in [1.807, 2.05) is 19.1 Å². The highest BCUT2D eigenvalue weighted by atomic mass is 19.4. The van der Waals surface area contributed by atoms with Crippen LogP contribution >= 0.6 is 0 Å². The van der Waals surface area contributed by atoms with E-state index in [0.29, 0.717) is 23.7 Å². The summed E-state index contributed by atoms with van der Waals surface area (Å²) < 4.78 is 39.3. The molecule has 4 nitrogen and oxygen atoms in total. The van der Waals surface area contributed by atoms with E-state index in [9.17, 15) is 13.2 Å². The molecule has 1 aromatic heterocycles. The normalized spacial score (nSPS) is 15.9. The third-order valence-electron chi connectivity index (χ3n) is 4.49. The Bertz CT molecular complexity index is 976. The van der Waals surface area contributed by atoms with Gasteiger partial charge in [0.25, 0.3) is 0 Å². The van der Waals surface area contributed by atoms with Crippen LogP contribution < -0.4 is 11.1 Å². The fourth-order valence-corrected chi connectivity index (χ4v) is 2.90. The molecule has 7 heteroatoms. The zero-order chi connectivity index (χ0) is 22.3. The maximum atomic E-state index is 13.1. The topological polar surface area (TPSA) is 63.3 Å². The molecule has 2 aliphatic rings. The minimum Gasteiger partial charge on any atom is -0.340 e. The van der Waals surface area contributed by atoms with Gasteiger partial charge in [0.15, 0.2) is 0 Å². The number of aromatic nitrogens is 1. The fourth-order valence-electron chi connectivity index (χ4n) is 2.90. The number of hydrogen-bond donors (Lipinski definition) is 2. The molecule has 0 saturated heterocycles. The van der Waals surface area contributed by atoms with Crippen molar-refractivity contribution < 1.29 is 13.2 Å². The molecular formula is C23H25F3N4. The Kier molecular flexibility index (Phi) is 7.72. The lowest BCUT2D eigenvalue weighted by molar-refractivity contribution is -0.0929. The Balaban J connectivity index is 0.00000155. The van der Waals surface area contributed by atoms with Crippen molar-refractivity contribution in [1.82, 2.24) is 10.3 Å². The Morgan fingerprint density at radius 2 is 1.90 bits per heavy atom. The Morgan fingerprint density at radius 1 is 1.20 bits per heavy atom. The van der Waals surface area contributed by atoms with E-state index in [1.54, 1.807) is 24.4 Å². The maximum Gasteiger partial charge on any atom is 0.413 e. The molecular weight excluding hydrogens is 389 g/mol. The maximum absolute atomic E-state index is 13.1. The standard InChI is InChI=1S/C22H20F3N3.CH5N/c1-14(19-8-5-11-26-16(19)3)9-10-15(2)21-27-13-17-6-4-7-18(22(23,24)25)12-20(17)28-21;1-2/h4-6,8-12H,1-2,7,13H2,3H3,(H,27,28);2H2,1H3/b10-9-;. The number of aryl methyl sites for hydroxylation is 1. The quantitative estimate of drug-likeness (QED) is 0.696. The number of rotatable bonds is 4. The van der Waals surface area contributed by atoms with Gasteiger partial charge in [0.1, 0.15) is 5.84 Å². The SMILES string of the molecule is C=C(/C=C\C(=C)c1cccnc1C)C1=NCC2=C(C=C(C(F)(F)F)CC=C2)N1.CN. The lowest BCUT2D eigenvalue weighted by atomic mass is 10.0. The molecule has 3 rings (SSSR count). The van der Waals surface area contributed by atoms with E-state index in [0.717, 1.165) is 28.5 Å². The van der Waals surface area contributed by atoms with Crippen LogP contribution in [0, 0.1) is 6.92 Å². The molecule has 3 N–H and O–H groups in total. The van der Waals surface area contributed by atoms with Crippen LogP contribution in [0.15, 0.2) is 89.3 Å². The summed E-state index contributed by atoms with van der Waals surface area (Å²) in [6.45, 7) is 10.2. The predicted molar refractivity (Wildman–Crippen MR) is 117 cm³/mol. The first-order valence-corrected chi connectivity index (χ1v) is 9.30. The van der Waals surface area contributed by atoms with Gasteiger partial charge in [-0.25, -0.2) is 0 Å². The van der Waals surface area contributed by atoms with Crippen LogP contribution in [0.1, 0.15) is 17.7 Å². The number of nitrogens with one attached hydrogen (secondary N) is 1. The van der Waals surface area contributed by atoms with Crippen molar-refractivity contribution in [3.05, 3.63) is 95.5 Å². The zero-order valence-corrected chi connectivity index (χ0v) is 17.1. The van der Waals surface area contributed by atoms with Gasteiger partial charge < -0.3 is 11.1 Å². The van der Waals surface area contributed by atoms with Gasteiger partial charge >= 0.3 is 6.18 Å². The molecule has 0 bridgehead atoms. The summed E-state index contributed by atoms with van der Waals surface area (Å²) in [6.07, 6.45) is 5.08. The van der Waals surface area contributed by atoms with Crippen molar-refractivity contribution in [2.24, 2.45) is 10.7 Å². The van der Waals surface area contributed by atoms with Gasteiger partial charge in [0.05, 0.1) is 6.54 Å². The zero-order valence-electron chi connectivity index (χ0n) is 17.1. The number of alkyl halides is 3. The highest BCUT2D eigenvalue weighted by Crippen LogP contribution is 2.32. The molecule has 158 valence electrons. The average Bonchev–Trinajstić information content (AvgIpc) is 2.95. The Morgan fingerprint density at radius 3 is 2.57 bits per heavy atom. The number of aliphatic imine (C=N–C) groups is 1. The van der Waals surface area contributed by atoms with Crippen LogP contribution in [0.5, 0.6) is 0 Å². The summed E-state index contributed by atoms with van der Waals surface area (Å²) in [6, 6.07) is 3.76. The highest BCUT2D eigenvalue weighted by Gasteiger charge is 2.33. The molecule has 0 aromatic carbocycles. The molecule has 0 fully saturated rings. The molecule has 0 radical (unpaired) electrons. The van der Waals surface area contributed by atoms with Crippen LogP contribution in [0.25, 0.3) is 5.57 Å². The summed E-state index contributed by atoms with van der Waals surface area (Å²) in [5.74, 6) is 0.443. The molecule has 30 heavy (non-hydrogen) atoms. The van der Waals surface area contributed by atoms with Crippen molar-refractivity contribution in [2.45, 2.75) is 19.5 Å². The number of nitrogens with two attached hydrogens (primary N) is 1. The van der Waals surface area contributed by atoms with Crippen LogP contribution in [-0.4, -0.2) is 30.6 Å². The van der Waals surface area contributed by atoms with Crippen molar-refractivity contribution in [1.29, 1.82) is 0 Å². The lowest BCUT2D eigenvalue weighted by Gasteiger charge is -2.19. The first kappa shape index (κ1) is 23.1. The van der Waals surface area contributed by atoms with Crippen LogP contribution in [0.2, 0.25) is 0 Å². The van der Waals surface area contributed by atoms with Crippen LogP contribution in [0.4, 0.5) is 13.2 Å². The van der Waals surface area contributed by atoms with Gasteiger partial charge in [0.2, 0.25) is 0 Å². The second kappa shape index (κ2) is 10.0. The van der Waals surface area contributed by atoms with E-state index in [2.05, 4.69) is 34.2 Å². The predicted octanol–water partition coefficient (Wildman–Crippen LogP) is 4.79. The Hall–Kier alpha value is -3.19. The fraction of sp³-hybridized carbons (Fsp3) is 0.217. The summed E-state index contributed by atoms with van der Waals surface area (Å²) in [7, 11) is 1.50. The van der Waals surface area contributed by atoms with E-state index in [1.165, 1.54) is 13.1 Å². The van der Waals surface area contributed by atoms with E-state index in [-0.39, 0.29) is 6.42 Å². The van der Waals surface area contributed by atoms with Gasteiger partial charge in [-0.15, -0.1) is 0 Å². The third-order valence-corrected chi connectivity index (χ3v) is 4.49. The van der Waals surface area contributed by atoms with E-state index < -0.39 is 11.7 Å². The summed E-state index contributed by atoms with van der Waals surface area (Å²) in [4.78, 5) is 8.64. The van der Waals surface area contributed by atoms with Crippen LogP contribution in [-0.2, 0) is 0 Å². The van der Waals surface area contributed by atoms with Gasteiger partial charge in [-0.1, -0.05) is 43.5 Å². The van der Waals surface area contributed by atoms with E-state index in [4.69, 9.17) is 0 Å². The van der Waals surface area contributed by atoms with Gasteiger partial charge in [-0.05, 0) is 43.7 Å². The monoisotopic (exact) mass is 414 g/mol.